The van der Waals surface area contributed by atoms with E-state index < -0.39 is 6.29 Å². The van der Waals surface area contributed by atoms with Gasteiger partial charge in [0.2, 0.25) is 0 Å². The molecule has 1 saturated heterocycles. The average molecular weight is 252 g/mol. The first-order chi connectivity index (χ1) is 8.69. The van der Waals surface area contributed by atoms with Gasteiger partial charge in [0.1, 0.15) is 11.9 Å². The molecule has 1 heterocycles. The van der Waals surface area contributed by atoms with Gasteiger partial charge >= 0.3 is 5.97 Å². The molecule has 18 heavy (non-hydrogen) atoms. The van der Waals surface area contributed by atoms with Crippen molar-refractivity contribution >= 4 is 5.97 Å². The minimum Gasteiger partial charge on any atom is -0.497 e. The zero-order chi connectivity index (χ0) is 13.0. The van der Waals surface area contributed by atoms with E-state index in [0.29, 0.717) is 24.2 Å². The van der Waals surface area contributed by atoms with Crippen LogP contribution in [0.3, 0.4) is 0 Å². The van der Waals surface area contributed by atoms with Gasteiger partial charge in [-0.15, -0.1) is 0 Å². The van der Waals surface area contributed by atoms with Crippen LogP contribution < -0.4 is 4.74 Å². The average Bonchev–Trinajstić information content (AvgIpc) is 2.41. The van der Waals surface area contributed by atoms with E-state index in [1.807, 2.05) is 0 Å². The van der Waals surface area contributed by atoms with Crippen LogP contribution in [-0.4, -0.2) is 37.2 Å². The Balaban J connectivity index is 1.90. The number of hydrogen-bond donors (Lipinski definition) is 1. The van der Waals surface area contributed by atoms with Gasteiger partial charge in [-0.2, -0.15) is 0 Å². The zero-order valence-electron chi connectivity index (χ0n) is 10.2. The monoisotopic (exact) mass is 252 g/mol. The predicted molar refractivity (Wildman–Crippen MR) is 63.4 cm³/mol. The molecule has 2 atom stereocenters. The van der Waals surface area contributed by atoms with Crippen LogP contribution >= 0.6 is 0 Å². The lowest BCUT2D eigenvalue weighted by Crippen LogP contribution is -2.32. The van der Waals surface area contributed by atoms with Crippen molar-refractivity contribution in [3.8, 4) is 5.75 Å². The lowest BCUT2D eigenvalue weighted by Gasteiger charge is -2.25. The van der Waals surface area contributed by atoms with Gasteiger partial charge in [-0.05, 0) is 30.7 Å². The number of benzene rings is 1. The van der Waals surface area contributed by atoms with Crippen molar-refractivity contribution in [2.45, 2.75) is 25.2 Å². The number of aliphatic hydroxyl groups is 1. The molecule has 0 saturated carbocycles. The van der Waals surface area contributed by atoms with Crippen LogP contribution in [0.15, 0.2) is 24.3 Å². The molecule has 0 spiro atoms. The van der Waals surface area contributed by atoms with Crippen LogP contribution in [0, 0.1) is 0 Å². The molecule has 2 unspecified atom stereocenters. The van der Waals surface area contributed by atoms with E-state index in [1.165, 1.54) is 0 Å². The summed E-state index contributed by atoms with van der Waals surface area (Å²) in [4.78, 5) is 11.8. The van der Waals surface area contributed by atoms with Gasteiger partial charge < -0.3 is 19.3 Å². The highest BCUT2D eigenvalue weighted by atomic mass is 16.6. The van der Waals surface area contributed by atoms with Crippen LogP contribution in [0.2, 0.25) is 0 Å². The number of aliphatic hydroxyl groups excluding tert-OH is 1. The first-order valence-electron chi connectivity index (χ1n) is 5.84. The highest BCUT2D eigenvalue weighted by molar-refractivity contribution is 5.89. The number of ether oxygens (including phenoxy) is 3. The summed E-state index contributed by atoms with van der Waals surface area (Å²) in [5.41, 5.74) is 0.474. The fourth-order valence-corrected chi connectivity index (χ4v) is 1.75. The molecular formula is C13H16O5. The quantitative estimate of drug-likeness (QED) is 0.823. The van der Waals surface area contributed by atoms with Crippen molar-refractivity contribution in [2.75, 3.05) is 13.7 Å². The molecule has 1 aromatic rings. The summed E-state index contributed by atoms with van der Waals surface area (Å²) >= 11 is 0. The largest absolute Gasteiger partial charge is 0.497 e. The summed E-state index contributed by atoms with van der Waals surface area (Å²) in [6.07, 6.45) is 0.0767. The van der Waals surface area contributed by atoms with Crippen LogP contribution in [0.4, 0.5) is 0 Å². The maximum Gasteiger partial charge on any atom is 0.338 e. The standard InChI is InChI=1S/C13H16O5/c1-16-10-4-2-9(3-5-10)13(15)18-11-6-7-12(14)17-8-11/h2-5,11-12,14H,6-8H2,1H3. The Hall–Kier alpha value is -1.59. The minimum absolute atomic E-state index is 0.239. The smallest absolute Gasteiger partial charge is 0.338 e. The van der Waals surface area contributed by atoms with Crippen LogP contribution in [0.1, 0.15) is 23.2 Å². The highest BCUT2D eigenvalue weighted by Crippen LogP contribution is 2.17. The molecule has 0 aromatic heterocycles. The molecule has 0 amide bonds. The Labute approximate surface area is 105 Å². The zero-order valence-corrected chi connectivity index (χ0v) is 10.2. The fraction of sp³-hybridized carbons (Fsp3) is 0.462. The van der Waals surface area contributed by atoms with E-state index in [9.17, 15) is 4.79 Å². The fourth-order valence-electron chi connectivity index (χ4n) is 1.75. The van der Waals surface area contributed by atoms with Crippen molar-refractivity contribution in [3.63, 3.8) is 0 Å². The molecule has 0 bridgehead atoms. The molecule has 2 rings (SSSR count). The van der Waals surface area contributed by atoms with E-state index in [0.717, 1.165) is 0 Å². The molecule has 5 nitrogen and oxygen atoms in total. The molecule has 0 radical (unpaired) electrons. The molecule has 0 aliphatic carbocycles. The SMILES string of the molecule is COc1ccc(C(=O)OC2CCC(O)OC2)cc1. The summed E-state index contributed by atoms with van der Waals surface area (Å²) < 4.78 is 15.3. The molecule has 1 N–H and O–H groups in total. The Morgan fingerprint density at radius 2 is 2.06 bits per heavy atom. The molecule has 1 aliphatic rings. The van der Waals surface area contributed by atoms with E-state index in [-0.39, 0.29) is 18.7 Å². The Morgan fingerprint density at radius 3 is 2.61 bits per heavy atom. The van der Waals surface area contributed by atoms with Gasteiger partial charge in [-0.1, -0.05) is 0 Å². The maximum absolute atomic E-state index is 11.8. The summed E-state index contributed by atoms with van der Waals surface area (Å²) in [5, 5.41) is 9.16. The predicted octanol–water partition coefficient (Wildman–Crippen LogP) is 1.35. The second-order valence-electron chi connectivity index (χ2n) is 4.12. The number of hydrogen-bond acceptors (Lipinski definition) is 5. The first kappa shape index (κ1) is 12.9. The number of rotatable bonds is 3. The summed E-state index contributed by atoms with van der Waals surface area (Å²) in [5.74, 6) is 0.304. The Kier molecular flexibility index (Phi) is 4.17. The summed E-state index contributed by atoms with van der Waals surface area (Å²) in [7, 11) is 1.57. The summed E-state index contributed by atoms with van der Waals surface area (Å²) in [6.45, 7) is 0.239. The lowest BCUT2D eigenvalue weighted by atomic mass is 10.1. The minimum atomic E-state index is -0.735. The van der Waals surface area contributed by atoms with Gasteiger partial charge in [0.15, 0.2) is 6.29 Å². The Bertz CT molecular complexity index is 392. The molecule has 1 fully saturated rings. The van der Waals surface area contributed by atoms with Gasteiger partial charge in [0.25, 0.3) is 0 Å². The number of carbonyl (C=O) groups is 1. The second-order valence-corrected chi connectivity index (χ2v) is 4.12. The third-order valence-electron chi connectivity index (χ3n) is 2.81. The third-order valence-corrected chi connectivity index (χ3v) is 2.81. The van der Waals surface area contributed by atoms with Crippen molar-refractivity contribution < 1.29 is 24.1 Å². The normalized spacial score (nSPS) is 23.4. The topological polar surface area (TPSA) is 65.0 Å². The van der Waals surface area contributed by atoms with Crippen molar-refractivity contribution in [2.24, 2.45) is 0 Å². The molecular weight excluding hydrogens is 236 g/mol. The van der Waals surface area contributed by atoms with Crippen molar-refractivity contribution in [1.29, 1.82) is 0 Å². The van der Waals surface area contributed by atoms with Crippen molar-refractivity contribution in [1.82, 2.24) is 0 Å². The lowest BCUT2D eigenvalue weighted by molar-refractivity contribution is -0.157. The molecule has 1 aromatic carbocycles. The van der Waals surface area contributed by atoms with Crippen LogP contribution in [0.5, 0.6) is 5.75 Å². The van der Waals surface area contributed by atoms with Crippen LogP contribution in [-0.2, 0) is 9.47 Å². The maximum atomic E-state index is 11.8. The number of carbonyl (C=O) groups excluding carboxylic acids is 1. The Morgan fingerprint density at radius 1 is 1.33 bits per heavy atom. The van der Waals surface area contributed by atoms with Crippen molar-refractivity contribution in [3.05, 3.63) is 29.8 Å². The summed E-state index contributed by atoms with van der Waals surface area (Å²) in [6, 6.07) is 6.72. The van der Waals surface area contributed by atoms with Crippen LogP contribution in [0.25, 0.3) is 0 Å². The number of esters is 1. The second kappa shape index (κ2) is 5.84. The highest BCUT2D eigenvalue weighted by Gasteiger charge is 2.23. The number of methoxy groups -OCH3 is 1. The van der Waals surface area contributed by atoms with Gasteiger partial charge in [-0.25, -0.2) is 4.79 Å². The van der Waals surface area contributed by atoms with E-state index in [1.54, 1.807) is 31.4 Å². The third kappa shape index (κ3) is 3.21. The van der Waals surface area contributed by atoms with Gasteiger partial charge in [-0.3, -0.25) is 0 Å². The van der Waals surface area contributed by atoms with E-state index >= 15 is 0 Å². The molecule has 1 aliphatic heterocycles. The van der Waals surface area contributed by atoms with Gasteiger partial charge in [0.05, 0.1) is 19.3 Å². The molecule has 5 heteroatoms. The molecule has 98 valence electrons. The van der Waals surface area contributed by atoms with Gasteiger partial charge in [0, 0.05) is 6.42 Å². The van der Waals surface area contributed by atoms with E-state index in [2.05, 4.69) is 0 Å². The van der Waals surface area contributed by atoms with E-state index in [4.69, 9.17) is 19.3 Å². The first-order valence-corrected chi connectivity index (χ1v) is 5.84.